The van der Waals surface area contributed by atoms with E-state index in [1.165, 1.54) is 11.3 Å². The second-order valence-electron chi connectivity index (χ2n) is 6.69. The van der Waals surface area contributed by atoms with Gasteiger partial charge in [-0.2, -0.15) is 0 Å². The Morgan fingerprint density at radius 1 is 1.07 bits per heavy atom. The molecule has 0 unspecified atom stereocenters. The van der Waals surface area contributed by atoms with Crippen molar-refractivity contribution in [3.8, 4) is 10.6 Å². The molecule has 0 spiro atoms. The van der Waals surface area contributed by atoms with E-state index in [-0.39, 0.29) is 17.9 Å². The average molecular weight is 412 g/mol. The molecule has 0 atom stereocenters. The van der Waals surface area contributed by atoms with E-state index in [9.17, 15) is 9.59 Å². The van der Waals surface area contributed by atoms with Crippen LogP contribution in [0.1, 0.15) is 38.6 Å². The molecular formula is C21H18ClN3O2S. The molecule has 28 heavy (non-hydrogen) atoms. The summed E-state index contributed by atoms with van der Waals surface area (Å²) in [6.45, 7) is 1.80. The molecule has 2 N–H and O–H groups in total. The zero-order chi connectivity index (χ0) is 19.7. The number of carbonyl (C=O) groups is 2. The van der Waals surface area contributed by atoms with Crippen LogP contribution in [0.3, 0.4) is 0 Å². The Kier molecular flexibility index (Phi) is 5.15. The molecule has 4 rings (SSSR count). The number of thiazole rings is 1. The summed E-state index contributed by atoms with van der Waals surface area (Å²) < 4.78 is 0. The summed E-state index contributed by atoms with van der Waals surface area (Å²) in [6, 6.07) is 14.6. The molecule has 0 bridgehead atoms. The van der Waals surface area contributed by atoms with E-state index in [1.807, 2.05) is 12.1 Å². The first-order chi connectivity index (χ1) is 13.5. The third-order valence-electron chi connectivity index (χ3n) is 4.43. The van der Waals surface area contributed by atoms with Gasteiger partial charge in [0, 0.05) is 16.6 Å². The molecule has 7 heteroatoms. The van der Waals surface area contributed by atoms with Crippen LogP contribution >= 0.6 is 22.9 Å². The topological polar surface area (TPSA) is 71.1 Å². The van der Waals surface area contributed by atoms with Crippen LogP contribution in [0.25, 0.3) is 10.6 Å². The zero-order valence-electron chi connectivity index (χ0n) is 15.2. The molecule has 0 aliphatic heterocycles. The lowest BCUT2D eigenvalue weighted by molar-refractivity contribution is 0.0952. The molecule has 0 saturated heterocycles. The molecule has 0 radical (unpaired) electrons. The second-order valence-corrected chi connectivity index (χ2v) is 8.12. The normalized spacial score (nSPS) is 13.2. The van der Waals surface area contributed by atoms with Crippen LogP contribution in [-0.2, 0) is 0 Å². The highest BCUT2D eigenvalue weighted by Crippen LogP contribution is 2.30. The molecule has 1 aromatic heterocycles. The molecule has 1 aliphatic carbocycles. The number of hydrogen-bond acceptors (Lipinski definition) is 4. The number of benzene rings is 2. The highest BCUT2D eigenvalue weighted by Gasteiger charge is 2.25. The number of carbonyl (C=O) groups excluding carboxylic acids is 2. The van der Waals surface area contributed by atoms with Gasteiger partial charge in [0.05, 0.1) is 16.9 Å². The monoisotopic (exact) mass is 411 g/mol. The van der Waals surface area contributed by atoms with Gasteiger partial charge in [0.25, 0.3) is 11.8 Å². The molecule has 1 aliphatic rings. The number of hydrogen-bond donors (Lipinski definition) is 2. The van der Waals surface area contributed by atoms with Gasteiger partial charge in [-0.05, 0) is 44.0 Å². The fraction of sp³-hybridized carbons (Fsp3) is 0.190. The maximum atomic E-state index is 12.8. The van der Waals surface area contributed by atoms with Crippen LogP contribution < -0.4 is 10.6 Å². The predicted octanol–water partition coefficient (Wildman–Crippen LogP) is 4.92. The Hall–Kier alpha value is -2.70. The molecular weight excluding hydrogens is 394 g/mol. The zero-order valence-corrected chi connectivity index (χ0v) is 16.7. The number of aryl methyl sites for hydroxylation is 1. The van der Waals surface area contributed by atoms with Gasteiger partial charge in [-0.25, -0.2) is 4.98 Å². The van der Waals surface area contributed by atoms with Gasteiger partial charge >= 0.3 is 0 Å². The number of nitrogens with one attached hydrogen (secondary N) is 2. The minimum atomic E-state index is -0.276. The predicted molar refractivity (Wildman–Crippen MR) is 112 cm³/mol. The highest BCUT2D eigenvalue weighted by atomic mass is 35.5. The third-order valence-corrected chi connectivity index (χ3v) is 5.88. The standard InChI is InChI=1S/C21H18ClN3O2S/c1-12-18(28-21(23-12)13-6-8-14(22)9-7-13)20(27)25-17-5-3-2-4-16(17)19(26)24-15-10-11-15/h2-9,15H,10-11H2,1H3,(H,24,26)(H,25,27). The number of aromatic nitrogens is 1. The minimum absolute atomic E-state index is 0.165. The van der Waals surface area contributed by atoms with E-state index in [2.05, 4.69) is 15.6 Å². The lowest BCUT2D eigenvalue weighted by Gasteiger charge is -2.10. The Balaban J connectivity index is 1.56. The van der Waals surface area contributed by atoms with Crippen molar-refractivity contribution in [3.63, 3.8) is 0 Å². The third kappa shape index (κ3) is 4.08. The van der Waals surface area contributed by atoms with Crippen molar-refractivity contribution in [2.75, 3.05) is 5.32 Å². The Labute approximate surface area is 171 Å². The molecule has 142 valence electrons. The van der Waals surface area contributed by atoms with E-state index in [4.69, 9.17) is 11.6 Å². The number of amides is 2. The van der Waals surface area contributed by atoms with Crippen LogP contribution in [0.2, 0.25) is 5.02 Å². The van der Waals surface area contributed by atoms with Crippen molar-refractivity contribution in [1.82, 2.24) is 10.3 Å². The first kappa shape index (κ1) is 18.7. The number of para-hydroxylation sites is 1. The number of nitrogens with zero attached hydrogens (tertiary/aromatic N) is 1. The molecule has 1 fully saturated rings. The fourth-order valence-corrected chi connectivity index (χ4v) is 3.88. The van der Waals surface area contributed by atoms with Crippen LogP contribution in [-0.4, -0.2) is 22.8 Å². The lowest BCUT2D eigenvalue weighted by atomic mass is 10.1. The van der Waals surface area contributed by atoms with Gasteiger partial charge in [0.1, 0.15) is 9.88 Å². The Morgan fingerprint density at radius 2 is 1.79 bits per heavy atom. The summed E-state index contributed by atoms with van der Waals surface area (Å²) in [5.41, 5.74) is 2.50. The molecule has 1 heterocycles. The SMILES string of the molecule is Cc1nc(-c2ccc(Cl)cc2)sc1C(=O)Nc1ccccc1C(=O)NC1CC1. The van der Waals surface area contributed by atoms with Crippen molar-refractivity contribution < 1.29 is 9.59 Å². The summed E-state index contributed by atoms with van der Waals surface area (Å²) >= 11 is 7.25. The fourth-order valence-electron chi connectivity index (χ4n) is 2.78. The van der Waals surface area contributed by atoms with Crippen LogP contribution in [0, 0.1) is 6.92 Å². The Morgan fingerprint density at radius 3 is 2.50 bits per heavy atom. The van der Waals surface area contributed by atoms with E-state index in [1.54, 1.807) is 43.3 Å². The van der Waals surface area contributed by atoms with E-state index in [0.717, 1.165) is 23.4 Å². The lowest BCUT2D eigenvalue weighted by Crippen LogP contribution is -2.27. The van der Waals surface area contributed by atoms with E-state index >= 15 is 0 Å². The second kappa shape index (κ2) is 7.73. The molecule has 1 saturated carbocycles. The summed E-state index contributed by atoms with van der Waals surface area (Å²) in [7, 11) is 0. The van der Waals surface area contributed by atoms with Gasteiger partial charge in [0.15, 0.2) is 0 Å². The van der Waals surface area contributed by atoms with Gasteiger partial charge in [-0.3, -0.25) is 9.59 Å². The van der Waals surface area contributed by atoms with Crippen molar-refractivity contribution in [2.45, 2.75) is 25.8 Å². The first-order valence-electron chi connectivity index (χ1n) is 8.96. The van der Waals surface area contributed by atoms with Crippen LogP contribution in [0.15, 0.2) is 48.5 Å². The van der Waals surface area contributed by atoms with E-state index in [0.29, 0.717) is 26.8 Å². The molecule has 2 aromatic carbocycles. The summed E-state index contributed by atoms with van der Waals surface area (Å²) in [6.07, 6.45) is 2.02. The van der Waals surface area contributed by atoms with Crippen LogP contribution in [0.4, 0.5) is 5.69 Å². The molecule has 5 nitrogen and oxygen atoms in total. The van der Waals surface area contributed by atoms with Gasteiger partial charge in [-0.15, -0.1) is 11.3 Å². The largest absolute Gasteiger partial charge is 0.349 e. The minimum Gasteiger partial charge on any atom is -0.349 e. The molecule has 2 amide bonds. The summed E-state index contributed by atoms with van der Waals surface area (Å²) in [5, 5.41) is 7.22. The van der Waals surface area contributed by atoms with Crippen molar-refractivity contribution in [2.24, 2.45) is 0 Å². The van der Waals surface area contributed by atoms with Gasteiger partial charge in [-0.1, -0.05) is 35.9 Å². The van der Waals surface area contributed by atoms with Gasteiger partial charge in [0.2, 0.25) is 0 Å². The van der Waals surface area contributed by atoms with Gasteiger partial charge < -0.3 is 10.6 Å². The van der Waals surface area contributed by atoms with Crippen molar-refractivity contribution >= 4 is 40.4 Å². The first-order valence-corrected chi connectivity index (χ1v) is 10.2. The summed E-state index contributed by atoms with van der Waals surface area (Å²) in [4.78, 5) is 30.3. The molecule has 3 aromatic rings. The van der Waals surface area contributed by atoms with Crippen LogP contribution in [0.5, 0.6) is 0 Å². The summed E-state index contributed by atoms with van der Waals surface area (Å²) in [5.74, 6) is -0.442. The maximum Gasteiger partial charge on any atom is 0.267 e. The number of anilines is 1. The quantitative estimate of drug-likeness (QED) is 0.626. The average Bonchev–Trinajstić information content (AvgIpc) is 3.41. The Bertz CT molecular complexity index is 1040. The smallest absolute Gasteiger partial charge is 0.267 e. The maximum absolute atomic E-state index is 12.8. The van der Waals surface area contributed by atoms with Crippen molar-refractivity contribution in [3.05, 3.63) is 69.7 Å². The van der Waals surface area contributed by atoms with E-state index < -0.39 is 0 Å². The highest BCUT2D eigenvalue weighted by molar-refractivity contribution is 7.17. The number of rotatable bonds is 5. The number of halogens is 1. The van der Waals surface area contributed by atoms with Crippen molar-refractivity contribution in [1.29, 1.82) is 0 Å².